The van der Waals surface area contributed by atoms with Gasteiger partial charge in [0.25, 0.3) is 0 Å². The van der Waals surface area contributed by atoms with E-state index in [1.165, 1.54) is 11.1 Å². The van der Waals surface area contributed by atoms with Crippen molar-refractivity contribution in [3.8, 4) is 0 Å². The fraction of sp³-hybridized carbons (Fsp3) is 0.500. The SMILES string of the molecule is Cc1cc(C(=N)N)ccc1CN(C)CC(C)C. The summed E-state index contributed by atoms with van der Waals surface area (Å²) in [4.78, 5) is 2.32. The van der Waals surface area contributed by atoms with Gasteiger partial charge in [-0.15, -0.1) is 0 Å². The zero-order valence-electron chi connectivity index (χ0n) is 11.2. The molecule has 0 aliphatic rings. The van der Waals surface area contributed by atoms with Gasteiger partial charge in [0.2, 0.25) is 0 Å². The van der Waals surface area contributed by atoms with E-state index >= 15 is 0 Å². The van der Waals surface area contributed by atoms with Crippen molar-refractivity contribution in [2.75, 3.05) is 13.6 Å². The minimum Gasteiger partial charge on any atom is -0.384 e. The molecule has 0 aromatic heterocycles. The van der Waals surface area contributed by atoms with Gasteiger partial charge in [0, 0.05) is 18.7 Å². The Hall–Kier alpha value is -1.35. The third-order valence-corrected chi connectivity index (χ3v) is 2.77. The van der Waals surface area contributed by atoms with Crippen molar-refractivity contribution in [1.29, 1.82) is 5.41 Å². The smallest absolute Gasteiger partial charge is 0.122 e. The topological polar surface area (TPSA) is 53.1 Å². The predicted octanol–water partition coefficient (Wildman–Crippen LogP) is 2.37. The van der Waals surface area contributed by atoms with Crippen molar-refractivity contribution < 1.29 is 0 Å². The van der Waals surface area contributed by atoms with Crippen LogP contribution in [0.1, 0.15) is 30.5 Å². The lowest BCUT2D eigenvalue weighted by atomic mass is 10.0. The molecule has 1 aromatic carbocycles. The van der Waals surface area contributed by atoms with Crippen LogP contribution in [0.3, 0.4) is 0 Å². The molecule has 3 heteroatoms. The first-order chi connectivity index (χ1) is 7.90. The number of nitrogen functional groups attached to an aromatic ring is 1. The van der Waals surface area contributed by atoms with Crippen LogP contribution in [0, 0.1) is 18.3 Å². The van der Waals surface area contributed by atoms with Crippen LogP contribution in [-0.2, 0) is 6.54 Å². The van der Waals surface area contributed by atoms with E-state index in [0.29, 0.717) is 5.92 Å². The molecule has 0 atom stereocenters. The highest BCUT2D eigenvalue weighted by atomic mass is 15.1. The van der Waals surface area contributed by atoms with Gasteiger partial charge in [-0.2, -0.15) is 0 Å². The molecule has 0 saturated heterocycles. The van der Waals surface area contributed by atoms with Crippen LogP contribution >= 0.6 is 0 Å². The Bertz CT molecular complexity index is 396. The Morgan fingerprint density at radius 1 is 1.41 bits per heavy atom. The van der Waals surface area contributed by atoms with Gasteiger partial charge in [-0.05, 0) is 37.1 Å². The fourth-order valence-corrected chi connectivity index (χ4v) is 2.02. The minimum absolute atomic E-state index is 0.134. The third kappa shape index (κ3) is 4.19. The summed E-state index contributed by atoms with van der Waals surface area (Å²) in [6, 6.07) is 5.98. The Morgan fingerprint density at radius 3 is 2.53 bits per heavy atom. The van der Waals surface area contributed by atoms with Crippen LogP contribution in [0.2, 0.25) is 0 Å². The Balaban J connectivity index is 2.75. The van der Waals surface area contributed by atoms with Crippen molar-refractivity contribution >= 4 is 5.84 Å². The van der Waals surface area contributed by atoms with Gasteiger partial charge in [0.15, 0.2) is 0 Å². The summed E-state index contributed by atoms with van der Waals surface area (Å²) in [5.41, 5.74) is 8.78. The first-order valence-electron chi connectivity index (χ1n) is 6.02. The average Bonchev–Trinajstić information content (AvgIpc) is 2.19. The summed E-state index contributed by atoms with van der Waals surface area (Å²) in [6.45, 7) is 8.56. The zero-order valence-corrected chi connectivity index (χ0v) is 11.2. The quantitative estimate of drug-likeness (QED) is 0.606. The van der Waals surface area contributed by atoms with E-state index in [1.807, 2.05) is 12.1 Å². The maximum absolute atomic E-state index is 7.40. The van der Waals surface area contributed by atoms with Crippen molar-refractivity contribution in [3.63, 3.8) is 0 Å². The Labute approximate surface area is 104 Å². The largest absolute Gasteiger partial charge is 0.384 e. The lowest BCUT2D eigenvalue weighted by Crippen LogP contribution is -2.23. The number of nitrogens with one attached hydrogen (secondary N) is 1. The number of amidine groups is 1. The summed E-state index contributed by atoms with van der Waals surface area (Å²) < 4.78 is 0. The summed E-state index contributed by atoms with van der Waals surface area (Å²) in [5.74, 6) is 0.812. The molecule has 0 unspecified atom stereocenters. The molecule has 0 saturated carbocycles. The first-order valence-corrected chi connectivity index (χ1v) is 6.02. The Morgan fingerprint density at radius 2 is 2.06 bits per heavy atom. The van der Waals surface area contributed by atoms with Crippen LogP contribution in [-0.4, -0.2) is 24.3 Å². The number of aryl methyl sites for hydroxylation is 1. The van der Waals surface area contributed by atoms with Gasteiger partial charge >= 0.3 is 0 Å². The van der Waals surface area contributed by atoms with Crippen LogP contribution in [0.25, 0.3) is 0 Å². The molecule has 0 bridgehead atoms. The van der Waals surface area contributed by atoms with Gasteiger partial charge in [-0.3, -0.25) is 5.41 Å². The number of nitrogens with zero attached hydrogens (tertiary/aromatic N) is 1. The minimum atomic E-state index is 0.134. The fourth-order valence-electron chi connectivity index (χ4n) is 2.02. The van der Waals surface area contributed by atoms with Crippen molar-refractivity contribution in [3.05, 3.63) is 34.9 Å². The second-order valence-corrected chi connectivity index (χ2v) is 5.15. The normalized spacial score (nSPS) is 11.2. The number of hydrogen-bond donors (Lipinski definition) is 2. The second kappa shape index (κ2) is 5.82. The maximum atomic E-state index is 7.40. The van der Waals surface area contributed by atoms with Crippen LogP contribution in [0.15, 0.2) is 18.2 Å². The van der Waals surface area contributed by atoms with Gasteiger partial charge in [0.1, 0.15) is 5.84 Å². The van der Waals surface area contributed by atoms with Crippen LogP contribution in [0.5, 0.6) is 0 Å². The molecule has 0 spiro atoms. The molecule has 0 amide bonds. The van der Waals surface area contributed by atoms with Gasteiger partial charge in [-0.25, -0.2) is 0 Å². The standard InChI is InChI=1S/C14H23N3/c1-10(2)8-17(4)9-13-6-5-12(14(15)16)7-11(13)3/h5-7,10H,8-9H2,1-4H3,(H3,15,16). The van der Waals surface area contributed by atoms with E-state index in [0.717, 1.165) is 18.7 Å². The van der Waals surface area contributed by atoms with Crippen molar-refractivity contribution in [2.24, 2.45) is 11.7 Å². The summed E-state index contributed by atoms with van der Waals surface area (Å²) in [7, 11) is 2.14. The van der Waals surface area contributed by atoms with Crippen LogP contribution in [0.4, 0.5) is 0 Å². The molecule has 0 fully saturated rings. The highest BCUT2D eigenvalue weighted by molar-refractivity contribution is 5.95. The molecule has 0 heterocycles. The van der Waals surface area contributed by atoms with E-state index in [2.05, 4.69) is 38.8 Å². The maximum Gasteiger partial charge on any atom is 0.122 e. The molecular weight excluding hydrogens is 210 g/mol. The molecule has 0 radical (unpaired) electrons. The summed E-state index contributed by atoms with van der Waals surface area (Å²) in [6.07, 6.45) is 0. The molecule has 1 rings (SSSR count). The molecule has 0 aliphatic heterocycles. The molecule has 94 valence electrons. The average molecular weight is 233 g/mol. The first kappa shape index (κ1) is 13.7. The molecule has 0 aliphatic carbocycles. The molecular formula is C14H23N3. The van der Waals surface area contributed by atoms with Gasteiger partial charge in [-0.1, -0.05) is 26.0 Å². The van der Waals surface area contributed by atoms with E-state index in [4.69, 9.17) is 11.1 Å². The van der Waals surface area contributed by atoms with E-state index < -0.39 is 0 Å². The third-order valence-electron chi connectivity index (χ3n) is 2.77. The lowest BCUT2D eigenvalue weighted by molar-refractivity contribution is 0.288. The molecule has 1 aromatic rings. The number of nitrogens with two attached hydrogens (primary N) is 1. The molecule has 3 N–H and O–H groups in total. The molecule has 17 heavy (non-hydrogen) atoms. The highest BCUT2D eigenvalue weighted by Gasteiger charge is 2.06. The lowest BCUT2D eigenvalue weighted by Gasteiger charge is -2.20. The van der Waals surface area contributed by atoms with Crippen molar-refractivity contribution in [1.82, 2.24) is 4.90 Å². The van der Waals surface area contributed by atoms with E-state index in [-0.39, 0.29) is 5.84 Å². The zero-order chi connectivity index (χ0) is 13.0. The monoisotopic (exact) mass is 233 g/mol. The number of rotatable bonds is 5. The Kier molecular flexibility index (Phi) is 4.70. The number of hydrogen-bond acceptors (Lipinski definition) is 2. The second-order valence-electron chi connectivity index (χ2n) is 5.15. The predicted molar refractivity (Wildman–Crippen MR) is 73.4 cm³/mol. The van der Waals surface area contributed by atoms with E-state index in [1.54, 1.807) is 0 Å². The van der Waals surface area contributed by atoms with Gasteiger partial charge in [0.05, 0.1) is 0 Å². The summed E-state index contributed by atoms with van der Waals surface area (Å²) >= 11 is 0. The van der Waals surface area contributed by atoms with Crippen molar-refractivity contribution in [2.45, 2.75) is 27.3 Å². The van der Waals surface area contributed by atoms with Crippen LogP contribution < -0.4 is 5.73 Å². The number of benzene rings is 1. The van der Waals surface area contributed by atoms with E-state index in [9.17, 15) is 0 Å². The molecule has 3 nitrogen and oxygen atoms in total. The summed E-state index contributed by atoms with van der Waals surface area (Å²) in [5, 5.41) is 7.40. The van der Waals surface area contributed by atoms with Gasteiger partial charge < -0.3 is 10.6 Å². The highest BCUT2D eigenvalue weighted by Crippen LogP contribution is 2.13.